The molecule has 0 radical (unpaired) electrons. The SMILES string of the molecule is CN(Cc1ccccc1F)C(=O)CO. The predicted octanol–water partition coefficient (Wildman–Crippen LogP) is 0.776. The van der Waals surface area contributed by atoms with Crippen molar-refractivity contribution in [2.45, 2.75) is 6.54 Å². The molecular formula is C10H12FNO2. The van der Waals surface area contributed by atoms with E-state index >= 15 is 0 Å². The quantitative estimate of drug-likeness (QED) is 0.777. The Morgan fingerprint density at radius 2 is 2.14 bits per heavy atom. The molecule has 0 aliphatic carbocycles. The van der Waals surface area contributed by atoms with Gasteiger partial charge in [-0.3, -0.25) is 4.79 Å². The molecule has 0 aromatic heterocycles. The van der Waals surface area contributed by atoms with Gasteiger partial charge in [0.2, 0.25) is 5.91 Å². The molecule has 0 fully saturated rings. The Bertz CT molecular complexity index is 328. The van der Waals surface area contributed by atoms with E-state index < -0.39 is 12.5 Å². The fourth-order valence-corrected chi connectivity index (χ4v) is 1.09. The van der Waals surface area contributed by atoms with Crippen LogP contribution in [-0.4, -0.2) is 29.6 Å². The lowest BCUT2D eigenvalue weighted by atomic mass is 10.2. The van der Waals surface area contributed by atoms with Gasteiger partial charge in [-0.15, -0.1) is 0 Å². The van der Waals surface area contributed by atoms with Gasteiger partial charge in [0, 0.05) is 19.2 Å². The van der Waals surface area contributed by atoms with Crippen LogP contribution in [0.3, 0.4) is 0 Å². The molecule has 1 aromatic carbocycles. The lowest BCUT2D eigenvalue weighted by Crippen LogP contribution is -2.28. The summed E-state index contributed by atoms with van der Waals surface area (Å²) in [5, 5.41) is 8.57. The third-order valence-corrected chi connectivity index (χ3v) is 1.93. The Labute approximate surface area is 81.8 Å². The minimum Gasteiger partial charge on any atom is -0.387 e. The average Bonchev–Trinajstić information content (AvgIpc) is 2.20. The topological polar surface area (TPSA) is 40.5 Å². The van der Waals surface area contributed by atoms with Crippen molar-refractivity contribution < 1.29 is 14.3 Å². The number of aliphatic hydroxyl groups excluding tert-OH is 1. The lowest BCUT2D eigenvalue weighted by molar-refractivity contribution is -0.133. The second-order valence-electron chi connectivity index (χ2n) is 3.00. The number of hydrogen-bond acceptors (Lipinski definition) is 2. The second kappa shape index (κ2) is 4.72. The molecule has 14 heavy (non-hydrogen) atoms. The van der Waals surface area contributed by atoms with E-state index in [1.165, 1.54) is 18.0 Å². The van der Waals surface area contributed by atoms with Gasteiger partial charge < -0.3 is 10.0 Å². The Morgan fingerprint density at radius 3 is 2.71 bits per heavy atom. The first kappa shape index (κ1) is 10.7. The van der Waals surface area contributed by atoms with Gasteiger partial charge in [0.1, 0.15) is 12.4 Å². The van der Waals surface area contributed by atoms with Crippen molar-refractivity contribution in [2.75, 3.05) is 13.7 Å². The number of likely N-dealkylation sites (N-methyl/N-ethyl adjacent to an activating group) is 1. The highest BCUT2D eigenvalue weighted by Gasteiger charge is 2.09. The molecule has 0 aliphatic heterocycles. The molecule has 76 valence electrons. The fraction of sp³-hybridized carbons (Fsp3) is 0.300. The van der Waals surface area contributed by atoms with Crippen LogP contribution in [0.25, 0.3) is 0 Å². The second-order valence-corrected chi connectivity index (χ2v) is 3.00. The number of nitrogens with zero attached hydrogens (tertiary/aromatic N) is 1. The van der Waals surface area contributed by atoms with Crippen LogP contribution in [0.4, 0.5) is 4.39 Å². The summed E-state index contributed by atoms with van der Waals surface area (Å²) >= 11 is 0. The molecule has 1 rings (SSSR count). The van der Waals surface area contributed by atoms with Gasteiger partial charge in [-0.05, 0) is 6.07 Å². The van der Waals surface area contributed by atoms with Crippen LogP contribution >= 0.6 is 0 Å². The van der Waals surface area contributed by atoms with Crippen molar-refractivity contribution in [3.63, 3.8) is 0 Å². The van der Waals surface area contributed by atoms with E-state index in [4.69, 9.17) is 5.11 Å². The number of hydrogen-bond donors (Lipinski definition) is 1. The van der Waals surface area contributed by atoms with E-state index in [1.807, 2.05) is 0 Å². The fourth-order valence-electron chi connectivity index (χ4n) is 1.09. The van der Waals surface area contributed by atoms with Gasteiger partial charge >= 0.3 is 0 Å². The van der Waals surface area contributed by atoms with Gasteiger partial charge in [-0.2, -0.15) is 0 Å². The molecule has 0 aliphatic rings. The van der Waals surface area contributed by atoms with Crippen LogP contribution in [0, 0.1) is 5.82 Å². The molecule has 0 saturated carbocycles. The third kappa shape index (κ3) is 2.53. The van der Waals surface area contributed by atoms with E-state index in [-0.39, 0.29) is 12.4 Å². The Balaban J connectivity index is 2.69. The summed E-state index contributed by atoms with van der Waals surface area (Å²) in [5.74, 6) is -0.765. The standard InChI is InChI=1S/C10H12FNO2/c1-12(10(14)7-13)6-8-4-2-3-5-9(8)11/h2-5,13H,6-7H2,1H3. The highest BCUT2D eigenvalue weighted by molar-refractivity contribution is 5.76. The third-order valence-electron chi connectivity index (χ3n) is 1.93. The monoisotopic (exact) mass is 197 g/mol. The van der Waals surface area contributed by atoms with Crippen LogP contribution in [0.1, 0.15) is 5.56 Å². The minimum absolute atomic E-state index is 0.173. The van der Waals surface area contributed by atoms with Crippen LogP contribution in [-0.2, 0) is 11.3 Å². The van der Waals surface area contributed by atoms with Gasteiger partial charge in [-0.25, -0.2) is 4.39 Å². The summed E-state index contributed by atoms with van der Waals surface area (Å²) in [6, 6.07) is 6.24. The average molecular weight is 197 g/mol. The number of amides is 1. The van der Waals surface area contributed by atoms with E-state index in [9.17, 15) is 9.18 Å². The molecule has 3 nitrogen and oxygen atoms in total. The Morgan fingerprint density at radius 1 is 1.50 bits per heavy atom. The molecule has 0 spiro atoms. The van der Waals surface area contributed by atoms with E-state index in [0.717, 1.165) is 0 Å². The van der Waals surface area contributed by atoms with Crippen molar-refractivity contribution in [2.24, 2.45) is 0 Å². The molecule has 4 heteroatoms. The lowest BCUT2D eigenvalue weighted by Gasteiger charge is -2.15. The molecule has 0 bridgehead atoms. The zero-order valence-electron chi connectivity index (χ0n) is 7.90. The Hall–Kier alpha value is -1.42. The summed E-state index contributed by atoms with van der Waals surface area (Å²) < 4.78 is 13.1. The minimum atomic E-state index is -0.551. The number of carbonyl (C=O) groups is 1. The van der Waals surface area contributed by atoms with Crippen LogP contribution in [0.5, 0.6) is 0 Å². The van der Waals surface area contributed by atoms with Crippen molar-refractivity contribution in [1.29, 1.82) is 0 Å². The van der Waals surface area contributed by atoms with Crippen molar-refractivity contribution in [3.8, 4) is 0 Å². The molecule has 0 heterocycles. The first-order chi connectivity index (χ1) is 6.65. The smallest absolute Gasteiger partial charge is 0.248 e. The first-order valence-electron chi connectivity index (χ1n) is 4.23. The number of carbonyl (C=O) groups excluding carboxylic acids is 1. The van der Waals surface area contributed by atoms with Gasteiger partial charge in [0.25, 0.3) is 0 Å². The number of benzene rings is 1. The van der Waals surface area contributed by atoms with E-state index in [0.29, 0.717) is 5.56 Å². The molecule has 1 N–H and O–H groups in total. The summed E-state index contributed by atoms with van der Waals surface area (Å²) in [5.41, 5.74) is 0.441. The van der Waals surface area contributed by atoms with Crippen LogP contribution in [0.15, 0.2) is 24.3 Å². The van der Waals surface area contributed by atoms with E-state index in [1.54, 1.807) is 18.2 Å². The molecule has 1 amide bonds. The van der Waals surface area contributed by atoms with Crippen LogP contribution < -0.4 is 0 Å². The van der Waals surface area contributed by atoms with Gasteiger partial charge in [-0.1, -0.05) is 18.2 Å². The molecule has 1 aromatic rings. The van der Waals surface area contributed by atoms with Crippen molar-refractivity contribution in [1.82, 2.24) is 4.90 Å². The number of aliphatic hydroxyl groups is 1. The Kier molecular flexibility index (Phi) is 3.59. The summed E-state index contributed by atoms with van der Waals surface area (Å²) in [4.78, 5) is 12.3. The largest absolute Gasteiger partial charge is 0.387 e. The van der Waals surface area contributed by atoms with Crippen LogP contribution in [0.2, 0.25) is 0 Å². The highest BCUT2D eigenvalue weighted by atomic mass is 19.1. The zero-order chi connectivity index (χ0) is 10.6. The first-order valence-corrected chi connectivity index (χ1v) is 4.23. The maximum absolute atomic E-state index is 13.1. The maximum Gasteiger partial charge on any atom is 0.248 e. The molecule has 0 unspecified atom stereocenters. The van der Waals surface area contributed by atoms with E-state index in [2.05, 4.69) is 0 Å². The molecule has 0 atom stereocenters. The molecular weight excluding hydrogens is 185 g/mol. The summed E-state index contributed by atoms with van der Waals surface area (Å²) in [6.07, 6.45) is 0. The summed E-state index contributed by atoms with van der Waals surface area (Å²) in [6.45, 7) is -0.378. The summed E-state index contributed by atoms with van der Waals surface area (Å²) in [7, 11) is 1.52. The zero-order valence-corrected chi connectivity index (χ0v) is 7.90. The number of rotatable bonds is 3. The number of halogens is 1. The maximum atomic E-state index is 13.1. The molecule has 0 saturated heterocycles. The normalized spacial score (nSPS) is 9.93. The van der Waals surface area contributed by atoms with Crippen molar-refractivity contribution >= 4 is 5.91 Å². The predicted molar refractivity (Wildman–Crippen MR) is 50.0 cm³/mol. The highest BCUT2D eigenvalue weighted by Crippen LogP contribution is 2.08. The van der Waals surface area contributed by atoms with Gasteiger partial charge in [0.15, 0.2) is 0 Å². The van der Waals surface area contributed by atoms with Gasteiger partial charge in [0.05, 0.1) is 0 Å². The van der Waals surface area contributed by atoms with Crippen molar-refractivity contribution in [3.05, 3.63) is 35.6 Å².